The van der Waals surface area contributed by atoms with Crippen LogP contribution in [0, 0.1) is 11.3 Å². The van der Waals surface area contributed by atoms with E-state index in [1.165, 1.54) is 30.7 Å². The highest BCUT2D eigenvalue weighted by molar-refractivity contribution is 7.92. The average Bonchev–Trinajstić information content (AvgIpc) is 2.91. The lowest BCUT2D eigenvalue weighted by molar-refractivity contribution is 0.598. The highest BCUT2D eigenvalue weighted by Crippen LogP contribution is 2.25. The Kier molecular flexibility index (Phi) is 3.97. The number of benzene rings is 1. The summed E-state index contributed by atoms with van der Waals surface area (Å²) in [5.41, 5.74) is 0.461. The van der Waals surface area contributed by atoms with Gasteiger partial charge in [-0.3, -0.25) is 4.72 Å². The van der Waals surface area contributed by atoms with Gasteiger partial charge in [0, 0.05) is 12.7 Å². The Bertz CT molecular complexity index is 777. The monoisotopic (exact) mass is 310 g/mol. The summed E-state index contributed by atoms with van der Waals surface area (Å²) < 4.78 is 28.3. The summed E-state index contributed by atoms with van der Waals surface area (Å²) in [7, 11) is -3.83. The van der Waals surface area contributed by atoms with Crippen LogP contribution < -0.4 is 4.72 Å². The van der Waals surface area contributed by atoms with Gasteiger partial charge in [-0.15, -0.1) is 0 Å². The van der Waals surface area contributed by atoms with E-state index in [9.17, 15) is 8.42 Å². The predicted molar refractivity (Wildman–Crippen MR) is 74.9 cm³/mol. The van der Waals surface area contributed by atoms with Crippen molar-refractivity contribution in [2.24, 2.45) is 0 Å². The lowest BCUT2D eigenvalue weighted by Gasteiger charge is -2.07. The van der Waals surface area contributed by atoms with Crippen LogP contribution in [0.15, 0.2) is 35.7 Å². The molecule has 0 fully saturated rings. The molecule has 0 aliphatic rings. The topological polar surface area (TPSA) is 87.8 Å². The highest BCUT2D eigenvalue weighted by Gasteiger charge is 2.18. The molecule has 104 valence electrons. The molecule has 0 saturated heterocycles. The van der Waals surface area contributed by atoms with E-state index in [1.54, 1.807) is 4.57 Å². The van der Waals surface area contributed by atoms with Crippen LogP contribution in [0.2, 0.25) is 5.02 Å². The molecule has 6 nitrogen and oxygen atoms in total. The molecule has 0 amide bonds. The summed E-state index contributed by atoms with van der Waals surface area (Å²) in [6.07, 6.45) is 2.85. The molecule has 2 aromatic rings. The summed E-state index contributed by atoms with van der Waals surface area (Å²) >= 11 is 5.92. The zero-order valence-corrected chi connectivity index (χ0v) is 12.1. The first-order valence-corrected chi connectivity index (χ1v) is 7.56. The molecule has 0 aliphatic heterocycles. The number of sulfonamides is 1. The number of anilines is 1. The summed E-state index contributed by atoms with van der Waals surface area (Å²) in [6.45, 7) is 2.49. The van der Waals surface area contributed by atoms with Crippen molar-refractivity contribution in [1.29, 1.82) is 5.26 Å². The number of nitrogens with zero attached hydrogens (tertiary/aromatic N) is 3. The molecule has 1 N–H and O–H groups in total. The lowest BCUT2D eigenvalue weighted by atomic mass is 10.2. The maximum Gasteiger partial charge on any atom is 0.280 e. The third-order valence-corrected chi connectivity index (χ3v) is 4.17. The van der Waals surface area contributed by atoms with E-state index in [-0.39, 0.29) is 15.7 Å². The first-order chi connectivity index (χ1) is 9.46. The van der Waals surface area contributed by atoms with E-state index in [0.29, 0.717) is 12.1 Å². The van der Waals surface area contributed by atoms with Gasteiger partial charge in [0.25, 0.3) is 10.0 Å². The molecule has 1 aromatic carbocycles. The summed E-state index contributed by atoms with van der Waals surface area (Å²) in [5, 5.41) is 8.93. The van der Waals surface area contributed by atoms with Crippen LogP contribution in [0.4, 0.5) is 5.69 Å². The minimum atomic E-state index is -3.83. The smallest absolute Gasteiger partial charge is 0.280 e. The van der Waals surface area contributed by atoms with Gasteiger partial charge in [0.1, 0.15) is 0 Å². The molecule has 0 atom stereocenters. The van der Waals surface area contributed by atoms with E-state index < -0.39 is 10.0 Å². The van der Waals surface area contributed by atoms with E-state index in [0.717, 1.165) is 0 Å². The molecular formula is C12H11ClN4O2S. The fourth-order valence-corrected chi connectivity index (χ4v) is 2.77. The fraction of sp³-hybridized carbons (Fsp3) is 0.167. The van der Waals surface area contributed by atoms with Gasteiger partial charge >= 0.3 is 0 Å². The van der Waals surface area contributed by atoms with Crippen molar-refractivity contribution in [2.45, 2.75) is 18.5 Å². The first kappa shape index (κ1) is 14.4. The molecule has 0 bridgehead atoms. The number of aryl methyl sites for hydroxylation is 1. The van der Waals surface area contributed by atoms with Gasteiger partial charge in [-0.25, -0.2) is 4.98 Å². The second kappa shape index (κ2) is 5.53. The summed E-state index contributed by atoms with van der Waals surface area (Å²) in [6, 6.07) is 6.26. The predicted octanol–water partition coefficient (Wildman–Crippen LogP) is 2.23. The molecule has 2 rings (SSSR count). The van der Waals surface area contributed by atoms with Gasteiger partial charge in [0.05, 0.1) is 28.7 Å². The van der Waals surface area contributed by atoms with Crippen LogP contribution in [0.25, 0.3) is 0 Å². The molecular weight excluding hydrogens is 300 g/mol. The third-order valence-electron chi connectivity index (χ3n) is 2.59. The Labute approximate surface area is 121 Å². The molecule has 0 spiro atoms. The Morgan fingerprint density at radius 2 is 2.25 bits per heavy atom. The summed E-state index contributed by atoms with van der Waals surface area (Å²) in [5.74, 6) is 0. The van der Waals surface area contributed by atoms with Crippen LogP contribution in [-0.4, -0.2) is 18.0 Å². The van der Waals surface area contributed by atoms with Gasteiger partial charge in [-0.2, -0.15) is 13.7 Å². The Hall–Kier alpha value is -2.04. The standard InChI is InChI=1S/C12H11ClN4O2S/c1-2-17-7-12(15-8-17)20(18,19)16-11-5-9(6-14)3-4-10(11)13/h3-5,7-8,16H,2H2,1H3. The Morgan fingerprint density at radius 1 is 1.50 bits per heavy atom. The Morgan fingerprint density at radius 3 is 2.85 bits per heavy atom. The van der Waals surface area contributed by atoms with Crippen LogP contribution >= 0.6 is 11.6 Å². The zero-order chi connectivity index (χ0) is 14.8. The highest BCUT2D eigenvalue weighted by atomic mass is 35.5. The number of nitrogens with one attached hydrogen (secondary N) is 1. The normalized spacial score (nSPS) is 11.1. The lowest BCUT2D eigenvalue weighted by Crippen LogP contribution is -2.13. The van der Waals surface area contributed by atoms with Gasteiger partial charge < -0.3 is 4.57 Å². The number of nitriles is 1. The quantitative estimate of drug-likeness (QED) is 0.938. The first-order valence-electron chi connectivity index (χ1n) is 5.70. The average molecular weight is 311 g/mol. The minimum Gasteiger partial charge on any atom is -0.336 e. The zero-order valence-electron chi connectivity index (χ0n) is 10.5. The van der Waals surface area contributed by atoms with Crippen molar-refractivity contribution < 1.29 is 8.42 Å². The van der Waals surface area contributed by atoms with E-state index >= 15 is 0 Å². The fourth-order valence-electron chi connectivity index (χ4n) is 1.52. The number of imidazole rings is 1. The van der Waals surface area contributed by atoms with Crippen LogP contribution in [0.3, 0.4) is 0 Å². The van der Waals surface area contributed by atoms with Crippen molar-refractivity contribution in [3.8, 4) is 6.07 Å². The number of hydrogen-bond donors (Lipinski definition) is 1. The molecule has 0 radical (unpaired) electrons. The number of halogens is 1. The van der Waals surface area contributed by atoms with Gasteiger partial charge in [-0.1, -0.05) is 11.6 Å². The largest absolute Gasteiger partial charge is 0.336 e. The number of hydrogen-bond acceptors (Lipinski definition) is 4. The Balaban J connectivity index is 2.35. The van der Waals surface area contributed by atoms with Crippen molar-refractivity contribution in [3.05, 3.63) is 41.3 Å². The number of rotatable bonds is 4. The van der Waals surface area contributed by atoms with Gasteiger partial charge in [0.15, 0.2) is 5.03 Å². The van der Waals surface area contributed by atoms with Gasteiger partial charge in [0.2, 0.25) is 0 Å². The molecule has 0 saturated carbocycles. The van der Waals surface area contributed by atoms with E-state index in [1.807, 2.05) is 13.0 Å². The minimum absolute atomic E-state index is 0.0993. The molecule has 1 heterocycles. The SMILES string of the molecule is CCn1cnc(S(=O)(=O)Nc2cc(C#N)ccc2Cl)c1. The third kappa shape index (κ3) is 2.92. The summed E-state index contributed by atoms with van der Waals surface area (Å²) in [4.78, 5) is 3.83. The van der Waals surface area contributed by atoms with Crippen LogP contribution in [0.5, 0.6) is 0 Å². The second-order valence-electron chi connectivity index (χ2n) is 3.95. The van der Waals surface area contributed by atoms with Crippen molar-refractivity contribution in [1.82, 2.24) is 9.55 Å². The molecule has 0 aliphatic carbocycles. The molecule has 0 unspecified atom stereocenters. The van der Waals surface area contributed by atoms with Gasteiger partial charge in [-0.05, 0) is 25.1 Å². The number of aromatic nitrogens is 2. The molecule has 1 aromatic heterocycles. The molecule has 8 heteroatoms. The van der Waals surface area contributed by atoms with Crippen molar-refractivity contribution in [3.63, 3.8) is 0 Å². The van der Waals surface area contributed by atoms with E-state index in [4.69, 9.17) is 16.9 Å². The van der Waals surface area contributed by atoms with E-state index in [2.05, 4.69) is 9.71 Å². The van der Waals surface area contributed by atoms with Crippen LogP contribution in [-0.2, 0) is 16.6 Å². The second-order valence-corrected chi connectivity index (χ2v) is 5.99. The maximum absolute atomic E-state index is 12.2. The van der Waals surface area contributed by atoms with Crippen molar-refractivity contribution in [2.75, 3.05) is 4.72 Å². The van der Waals surface area contributed by atoms with Crippen molar-refractivity contribution >= 4 is 27.3 Å². The maximum atomic E-state index is 12.2. The molecule has 20 heavy (non-hydrogen) atoms. The van der Waals surface area contributed by atoms with Crippen LogP contribution in [0.1, 0.15) is 12.5 Å².